The van der Waals surface area contributed by atoms with Gasteiger partial charge < -0.3 is 15.0 Å². The maximum Gasteiger partial charge on any atom is 0.219 e. The number of piperidine rings is 1. The number of likely N-dealkylation sites (tertiary alicyclic amines) is 1. The van der Waals surface area contributed by atoms with Crippen LogP contribution in [0.15, 0.2) is 60.0 Å². The Hall–Kier alpha value is -2.20. The molecule has 1 amide bonds. The lowest BCUT2D eigenvalue weighted by molar-refractivity contribution is -0.132. The van der Waals surface area contributed by atoms with Crippen LogP contribution >= 0.6 is 11.6 Å². The van der Waals surface area contributed by atoms with E-state index < -0.39 is 0 Å². The summed E-state index contributed by atoms with van der Waals surface area (Å²) >= 11 is 5.96. The van der Waals surface area contributed by atoms with Gasteiger partial charge in [0.25, 0.3) is 0 Å². The Morgan fingerprint density at radius 1 is 1.27 bits per heavy atom. The van der Waals surface area contributed by atoms with Gasteiger partial charge in [-0.25, -0.2) is 0 Å². The van der Waals surface area contributed by atoms with Crippen LogP contribution in [0.3, 0.4) is 0 Å². The SMILES string of the molecule is CC(=O)N1CCC(NC2=C(Oc3ccc(Cl)cc3)CC=CC=C2)CC1C. The highest BCUT2D eigenvalue weighted by Crippen LogP contribution is 2.24. The molecule has 1 fully saturated rings. The molecule has 0 aromatic heterocycles. The van der Waals surface area contributed by atoms with Crippen molar-refractivity contribution >= 4 is 17.5 Å². The normalized spacial score (nSPS) is 23.0. The molecule has 1 aliphatic heterocycles. The lowest BCUT2D eigenvalue weighted by Gasteiger charge is -2.38. The second kappa shape index (κ2) is 8.45. The first-order valence-electron chi connectivity index (χ1n) is 9.06. The Balaban J connectivity index is 1.73. The first-order valence-corrected chi connectivity index (χ1v) is 9.44. The summed E-state index contributed by atoms with van der Waals surface area (Å²) < 4.78 is 6.12. The van der Waals surface area contributed by atoms with Crippen molar-refractivity contribution in [2.75, 3.05) is 6.54 Å². The smallest absolute Gasteiger partial charge is 0.219 e. The summed E-state index contributed by atoms with van der Waals surface area (Å²) in [6.45, 7) is 4.54. The third-order valence-corrected chi connectivity index (χ3v) is 5.06. The number of halogens is 1. The van der Waals surface area contributed by atoms with Crippen LogP contribution in [0.5, 0.6) is 5.75 Å². The maximum atomic E-state index is 11.7. The van der Waals surface area contributed by atoms with Crippen LogP contribution in [0.1, 0.15) is 33.1 Å². The summed E-state index contributed by atoms with van der Waals surface area (Å²) in [5, 5.41) is 4.32. The summed E-state index contributed by atoms with van der Waals surface area (Å²) in [6, 6.07) is 7.96. The zero-order valence-corrected chi connectivity index (χ0v) is 16.0. The number of nitrogens with one attached hydrogen (secondary N) is 1. The van der Waals surface area contributed by atoms with Crippen LogP contribution in [0, 0.1) is 0 Å². The van der Waals surface area contributed by atoms with Gasteiger partial charge in [-0.3, -0.25) is 4.79 Å². The molecule has 2 unspecified atom stereocenters. The third kappa shape index (κ3) is 4.70. The number of hydrogen-bond donors (Lipinski definition) is 1. The molecule has 1 aromatic rings. The van der Waals surface area contributed by atoms with Gasteiger partial charge in [-0.15, -0.1) is 0 Å². The van der Waals surface area contributed by atoms with Crippen molar-refractivity contribution in [3.05, 3.63) is 65.0 Å². The second-order valence-corrected chi connectivity index (χ2v) is 7.25. The van der Waals surface area contributed by atoms with Gasteiger partial charge in [-0.2, -0.15) is 0 Å². The number of carbonyl (C=O) groups excluding carboxylic acids is 1. The molecule has 2 aliphatic rings. The van der Waals surface area contributed by atoms with E-state index in [9.17, 15) is 4.79 Å². The summed E-state index contributed by atoms with van der Waals surface area (Å²) in [4.78, 5) is 13.6. The largest absolute Gasteiger partial charge is 0.459 e. The fourth-order valence-electron chi connectivity index (χ4n) is 3.47. The molecule has 0 saturated carbocycles. The lowest BCUT2D eigenvalue weighted by Crippen LogP contribution is -2.49. The highest BCUT2D eigenvalue weighted by atomic mass is 35.5. The minimum absolute atomic E-state index is 0.153. The molecule has 0 spiro atoms. The average Bonchev–Trinajstić information content (AvgIpc) is 2.82. The molecule has 138 valence electrons. The quantitative estimate of drug-likeness (QED) is 0.849. The fraction of sp³-hybridized carbons (Fsp3) is 0.381. The van der Waals surface area contributed by atoms with Gasteiger partial charge in [0.05, 0.1) is 5.70 Å². The van der Waals surface area contributed by atoms with Crippen molar-refractivity contribution in [1.82, 2.24) is 10.2 Å². The molecule has 3 rings (SSSR count). The van der Waals surface area contributed by atoms with Crippen molar-refractivity contribution in [2.24, 2.45) is 0 Å². The van der Waals surface area contributed by atoms with Crippen molar-refractivity contribution in [3.8, 4) is 5.75 Å². The first kappa shape index (κ1) is 18.6. The minimum Gasteiger partial charge on any atom is -0.459 e. The van der Waals surface area contributed by atoms with E-state index in [0.717, 1.165) is 43.0 Å². The van der Waals surface area contributed by atoms with E-state index in [1.807, 2.05) is 41.3 Å². The summed E-state index contributed by atoms with van der Waals surface area (Å²) in [5.74, 6) is 1.81. The number of hydrogen-bond acceptors (Lipinski definition) is 3. The van der Waals surface area contributed by atoms with Crippen LogP contribution < -0.4 is 10.1 Å². The topological polar surface area (TPSA) is 41.6 Å². The molecule has 2 atom stereocenters. The standard InChI is InChI=1S/C21H25ClN2O2/c1-15-14-18(12-13-24(15)16(2)25)23-20-6-4-3-5-7-21(20)26-19-10-8-17(22)9-11-19/h3-6,8-11,15,18,23H,7,12-14H2,1-2H3. The number of carbonyl (C=O) groups is 1. The fourth-order valence-corrected chi connectivity index (χ4v) is 3.60. The molecule has 4 nitrogen and oxygen atoms in total. The van der Waals surface area contributed by atoms with E-state index in [1.54, 1.807) is 6.92 Å². The van der Waals surface area contributed by atoms with Gasteiger partial charge in [-0.05, 0) is 50.1 Å². The van der Waals surface area contributed by atoms with Gasteiger partial charge in [-0.1, -0.05) is 29.8 Å². The number of rotatable bonds is 4. The molecule has 26 heavy (non-hydrogen) atoms. The van der Waals surface area contributed by atoms with E-state index in [0.29, 0.717) is 11.1 Å². The van der Waals surface area contributed by atoms with Crippen molar-refractivity contribution in [3.63, 3.8) is 0 Å². The molecule has 0 bridgehead atoms. The van der Waals surface area contributed by atoms with Crippen LogP contribution in [0.25, 0.3) is 0 Å². The van der Waals surface area contributed by atoms with Crippen molar-refractivity contribution < 1.29 is 9.53 Å². The molecule has 1 heterocycles. The molecule has 0 radical (unpaired) electrons. The van der Waals surface area contributed by atoms with Crippen LogP contribution in [-0.2, 0) is 4.79 Å². The Labute approximate surface area is 160 Å². The van der Waals surface area contributed by atoms with E-state index in [4.69, 9.17) is 16.3 Å². The Morgan fingerprint density at radius 2 is 2.04 bits per heavy atom. The molecule has 1 saturated heterocycles. The number of benzene rings is 1. The molecular formula is C21H25ClN2O2. The molecular weight excluding hydrogens is 348 g/mol. The van der Waals surface area contributed by atoms with Gasteiger partial charge in [0, 0.05) is 37.0 Å². The zero-order valence-electron chi connectivity index (χ0n) is 15.2. The Morgan fingerprint density at radius 3 is 2.73 bits per heavy atom. The van der Waals surface area contributed by atoms with Crippen LogP contribution in [0.2, 0.25) is 5.02 Å². The zero-order chi connectivity index (χ0) is 18.5. The average molecular weight is 373 g/mol. The van der Waals surface area contributed by atoms with E-state index in [2.05, 4.69) is 24.4 Å². The summed E-state index contributed by atoms with van der Waals surface area (Å²) in [6.07, 6.45) is 10.8. The molecule has 1 aromatic carbocycles. The van der Waals surface area contributed by atoms with E-state index in [1.165, 1.54) is 0 Å². The molecule has 5 heteroatoms. The number of nitrogens with zero attached hydrogens (tertiary/aromatic N) is 1. The lowest BCUT2D eigenvalue weighted by atomic mass is 9.97. The van der Waals surface area contributed by atoms with Crippen molar-refractivity contribution in [2.45, 2.75) is 45.2 Å². The maximum absolute atomic E-state index is 11.7. The summed E-state index contributed by atoms with van der Waals surface area (Å²) in [5.41, 5.74) is 0.999. The molecule has 1 aliphatic carbocycles. The predicted molar refractivity (Wildman–Crippen MR) is 105 cm³/mol. The summed E-state index contributed by atoms with van der Waals surface area (Å²) in [7, 11) is 0. The number of allylic oxidation sites excluding steroid dienone is 4. The second-order valence-electron chi connectivity index (χ2n) is 6.81. The van der Waals surface area contributed by atoms with E-state index >= 15 is 0 Å². The minimum atomic E-state index is 0.153. The molecule has 1 N–H and O–H groups in total. The monoisotopic (exact) mass is 372 g/mol. The number of ether oxygens (including phenoxy) is 1. The number of amides is 1. The van der Waals surface area contributed by atoms with Crippen LogP contribution in [-0.4, -0.2) is 29.4 Å². The third-order valence-electron chi connectivity index (χ3n) is 4.81. The Kier molecular flexibility index (Phi) is 6.04. The Bertz CT molecular complexity index is 737. The van der Waals surface area contributed by atoms with Crippen LogP contribution in [0.4, 0.5) is 0 Å². The highest BCUT2D eigenvalue weighted by molar-refractivity contribution is 6.30. The first-order chi connectivity index (χ1) is 12.5. The van der Waals surface area contributed by atoms with Gasteiger partial charge in [0.15, 0.2) is 0 Å². The highest BCUT2D eigenvalue weighted by Gasteiger charge is 2.27. The van der Waals surface area contributed by atoms with Gasteiger partial charge >= 0.3 is 0 Å². The van der Waals surface area contributed by atoms with E-state index in [-0.39, 0.29) is 11.9 Å². The van der Waals surface area contributed by atoms with Gasteiger partial charge in [0.1, 0.15) is 11.5 Å². The van der Waals surface area contributed by atoms with Crippen molar-refractivity contribution in [1.29, 1.82) is 0 Å². The van der Waals surface area contributed by atoms with Gasteiger partial charge in [0.2, 0.25) is 5.91 Å². The predicted octanol–water partition coefficient (Wildman–Crippen LogP) is 4.44.